The normalized spacial score (nSPS) is 9.62. The van der Waals surface area contributed by atoms with Gasteiger partial charge < -0.3 is 19.4 Å². The molecule has 0 aromatic rings. The molecule has 10 nitrogen and oxygen atoms in total. The van der Waals surface area contributed by atoms with Crippen molar-refractivity contribution in [3.8, 4) is 0 Å². The first-order valence-corrected chi connectivity index (χ1v) is 5.50. The SMILES string of the molecule is CC(=O)ON(CCN(OC(C)=O)OC(C)=O)OC(C)=O.[Mo]. The molecule has 0 bridgehead atoms. The zero-order valence-corrected chi connectivity index (χ0v) is 14.0. The van der Waals surface area contributed by atoms with Crippen LogP contribution >= 0.6 is 0 Å². The molecule has 0 aromatic carbocycles. The molecule has 0 aliphatic carbocycles. The van der Waals surface area contributed by atoms with E-state index in [1.54, 1.807) is 0 Å². The van der Waals surface area contributed by atoms with Crippen LogP contribution < -0.4 is 0 Å². The Morgan fingerprint density at radius 1 is 0.619 bits per heavy atom. The summed E-state index contributed by atoms with van der Waals surface area (Å²) in [6.07, 6.45) is 0. The Bertz CT molecular complexity index is 321. The third kappa shape index (κ3) is 13.2. The van der Waals surface area contributed by atoms with Gasteiger partial charge in [0.1, 0.15) is 0 Å². The number of hydrogen-bond donors (Lipinski definition) is 0. The van der Waals surface area contributed by atoms with Crippen LogP contribution in [0.25, 0.3) is 0 Å². The Morgan fingerprint density at radius 2 is 0.810 bits per heavy atom. The maximum Gasteiger partial charge on any atom is 0.326 e. The van der Waals surface area contributed by atoms with E-state index in [-0.39, 0.29) is 34.2 Å². The molecule has 11 heteroatoms. The van der Waals surface area contributed by atoms with Gasteiger partial charge in [-0.2, -0.15) is 0 Å². The Hall–Kier alpha value is -1.51. The standard InChI is InChI=1S/C10H16N2O8.Mo/c1-7(13)17-11(18-8(2)14)5-6-12(19-9(3)15)20-10(4)16;/h5-6H2,1-4H3;. The average Bonchev–Trinajstić information content (AvgIpc) is 2.22. The molecule has 0 unspecified atom stereocenters. The molecule has 0 heterocycles. The molecule has 0 aliphatic heterocycles. The molecule has 0 atom stereocenters. The van der Waals surface area contributed by atoms with E-state index in [1.165, 1.54) is 0 Å². The summed E-state index contributed by atoms with van der Waals surface area (Å²) in [6.45, 7) is 3.97. The number of carbonyl (C=O) groups excluding carboxylic acids is 4. The van der Waals surface area contributed by atoms with Gasteiger partial charge in [-0.15, -0.1) is 0 Å². The fourth-order valence-corrected chi connectivity index (χ4v) is 0.957. The molecule has 0 N–H and O–H groups in total. The van der Waals surface area contributed by atoms with Crippen LogP contribution in [0.5, 0.6) is 0 Å². The summed E-state index contributed by atoms with van der Waals surface area (Å²) in [5, 5.41) is 1.15. The molecular formula is C10H16MoN2O8. The van der Waals surface area contributed by atoms with E-state index in [4.69, 9.17) is 0 Å². The van der Waals surface area contributed by atoms with Gasteiger partial charge in [0.2, 0.25) is 0 Å². The average molecular weight is 388 g/mol. The van der Waals surface area contributed by atoms with Crippen LogP contribution in [0.15, 0.2) is 0 Å². The smallest absolute Gasteiger partial charge is 0.326 e. The minimum atomic E-state index is -0.724. The fourth-order valence-electron chi connectivity index (χ4n) is 0.957. The van der Waals surface area contributed by atoms with Gasteiger partial charge in [-0.3, -0.25) is 19.2 Å². The molecule has 0 saturated carbocycles. The van der Waals surface area contributed by atoms with Crippen molar-refractivity contribution in [2.75, 3.05) is 13.1 Å². The number of carbonyl (C=O) groups is 4. The predicted molar refractivity (Wildman–Crippen MR) is 60.5 cm³/mol. The van der Waals surface area contributed by atoms with Crippen molar-refractivity contribution in [1.29, 1.82) is 0 Å². The molecular weight excluding hydrogens is 372 g/mol. The monoisotopic (exact) mass is 390 g/mol. The van der Waals surface area contributed by atoms with Gasteiger partial charge in [-0.1, -0.05) is 0 Å². The van der Waals surface area contributed by atoms with E-state index in [1.807, 2.05) is 0 Å². The van der Waals surface area contributed by atoms with Gasteiger partial charge in [-0.25, -0.2) is 0 Å². The van der Waals surface area contributed by atoms with Gasteiger partial charge in [0.25, 0.3) is 0 Å². The second kappa shape index (κ2) is 11.2. The van der Waals surface area contributed by atoms with Crippen molar-refractivity contribution >= 4 is 23.9 Å². The van der Waals surface area contributed by atoms with Gasteiger partial charge in [0, 0.05) is 59.2 Å². The zero-order chi connectivity index (χ0) is 15.7. The maximum atomic E-state index is 10.8. The van der Waals surface area contributed by atoms with Crippen LogP contribution in [0.1, 0.15) is 27.7 Å². The van der Waals surface area contributed by atoms with Crippen molar-refractivity contribution < 1.29 is 59.6 Å². The molecule has 0 aromatic heterocycles. The van der Waals surface area contributed by atoms with Crippen LogP contribution in [-0.2, 0) is 59.6 Å². The quantitative estimate of drug-likeness (QED) is 0.418. The molecule has 0 aliphatic rings. The summed E-state index contributed by atoms with van der Waals surface area (Å²) >= 11 is 0. The van der Waals surface area contributed by atoms with E-state index in [0.29, 0.717) is 10.5 Å². The summed E-state index contributed by atoms with van der Waals surface area (Å²) in [5.74, 6) is -2.90. The van der Waals surface area contributed by atoms with Gasteiger partial charge in [0.05, 0.1) is 13.1 Å². The van der Waals surface area contributed by atoms with Crippen molar-refractivity contribution in [3.63, 3.8) is 0 Å². The van der Waals surface area contributed by atoms with Crippen LogP contribution in [0.2, 0.25) is 0 Å². The van der Waals surface area contributed by atoms with E-state index < -0.39 is 23.9 Å². The Morgan fingerprint density at radius 3 is 0.952 bits per heavy atom. The van der Waals surface area contributed by atoms with Crippen LogP contribution in [0.3, 0.4) is 0 Å². The summed E-state index contributed by atoms with van der Waals surface area (Å²) in [6, 6.07) is 0. The fraction of sp³-hybridized carbons (Fsp3) is 0.600. The van der Waals surface area contributed by atoms with Crippen LogP contribution in [-0.4, -0.2) is 47.4 Å². The van der Waals surface area contributed by atoms with E-state index >= 15 is 0 Å². The summed E-state index contributed by atoms with van der Waals surface area (Å²) < 4.78 is 0. The van der Waals surface area contributed by atoms with Crippen molar-refractivity contribution in [2.24, 2.45) is 0 Å². The third-order valence-electron chi connectivity index (χ3n) is 1.39. The molecule has 0 spiro atoms. The van der Waals surface area contributed by atoms with Crippen molar-refractivity contribution in [2.45, 2.75) is 27.7 Å². The van der Waals surface area contributed by atoms with Crippen molar-refractivity contribution in [1.82, 2.24) is 10.5 Å². The second-order valence-corrected chi connectivity index (χ2v) is 3.44. The predicted octanol–water partition coefficient (Wildman–Crippen LogP) is -0.500. The van der Waals surface area contributed by atoms with Gasteiger partial charge >= 0.3 is 23.9 Å². The molecule has 0 fully saturated rings. The largest absolute Gasteiger partial charge is 0.333 e. The summed E-state index contributed by atoms with van der Waals surface area (Å²) in [4.78, 5) is 61.4. The number of rotatable bonds is 7. The zero-order valence-electron chi connectivity index (χ0n) is 12.0. The number of hydrogen-bond acceptors (Lipinski definition) is 10. The minimum Gasteiger partial charge on any atom is -0.333 e. The first-order chi connectivity index (χ1) is 9.20. The minimum absolute atomic E-state index is 0. The van der Waals surface area contributed by atoms with Crippen LogP contribution in [0.4, 0.5) is 0 Å². The Balaban J connectivity index is 0. The first-order valence-electron chi connectivity index (χ1n) is 5.50. The molecule has 21 heavy (non-hydrogen) atoms. The second-order valence-electron chi connectivity index (χ2n) is 3.44. The van der Waals surface area contributed by atoms with Crippen molar-refractivity contribution in [3.05, 3.63) is 0 Å². The topological polar surface area (TPSA) is 112 Å². The molecule has 0 radical (unpaired) electrons. The van der Waals surface area contributed by atoms with Gasteiger partial charge in [-0.05, 0) is 0 Å². The van der Waals surface area contributed by atoms with E-state index in [0.717, 1.165) is 27.7 Å². The van der Waals surface area contributed by atoms with E-state index in [9.17, 15) is 19.2 Å². The number of nitrogens with zero attached hydrogens (tertiary/aromatic N) is 2. The molecule has 0 saturated heterocycles. The summed E-state index contributed by atoms with van der Waals surface area (Å²) in [7, 11) is 0. The molecule has 120 valence electrons. The van der Waals surface area contributed by atoms with Crippen LogP contribution in [0, 0.1) is 0 Å². The van der Waals surface area contributed by atoms with Gasteiger partial charge in [0.15, 0.2) is 0 Å². The number of hydroxylamine groups is 4. The van der Waals surface area contributed by atoms with E-state index in [2.05, 4.69) is 19.4 Å². The Labute approximate surface area is 135 Å². The maximum absolute atomic E-state index is 10.8. The molecule has 0 rings (SSSR count). The third-order valence-corrected chi connectivity index (χ3v) is 1.39. The molecule has 0 amide bonds. The Kier molecular flexibility index (Phi) is 11.6. The first kappa shape index (κ1) is 21.8. The summed E-state index contributed by atoms with van der Waals surface area (Å²) in [5.41, 5.74) is 0.